The molecule has 0 bridgehead atoms. The van der Waals surface area contributed by atoms with Gasteiger partial charge in [-0.05, 0) is 29.9 Å². The van der Waals surface area contributed by atoms with E-state index in [0.29, 0.717) is 17.4 Å². The smallest absolute Gasteiger partial charge is 0.480 e. The number of hydrogen-bond acceptors (Lipinski definition) is 5. The molecule has 0 aliphatic rings. The minimum Gasteiger partial charge on any atom is -0.480 e. The highest BCUT2D eigenvalue weighted by atomic mass is 16.4. The maximum absolute atomic E-state index is 12.3. The Kier molecular flexibility index (Phi) is 7.12. The predicted octanol–water partition coefficient (Wildman–Crippen LogP) is -0.643. The summed E-state index contributed by atoms with van der Waals surface area (Å²) in [7, 11) is -1.59. The molecule has 2 aromatic rings. The van der Waals surface area contributed by atoms with Crippen LogP contribution in [-0.2, 0) is 22.4 Å². The third kappa shape index (κ3) is 6.21. The highest BCUT2D eigenvalue weighted by Gasteiger charge is 2.24. The zero-order valence-electron chi connectivity index (χ0n) is 15.0. The number of nitrogens with two attached hydrogens (primary N) is 1. The van der Waals surface area contributed by atoms with E-state index in [1.807, 2.05) is 31.2 Å². The average Bonchev–Trinajstić information content (AvgIpc) is 2.63. The number of aliphatic carboxylic acids is 1. The third-order valence-corrected chi connectivity index (χ3v) is 4.25. The summed E-state index contributed by atoms with van der Waals surface area (Å²) >= 11 is 0. The fourth-order valence-corrected chi connectivity index (χ4v) is 2.61. The molecule has 0 aliphatic carbocycles. The molecule has 27 heavy (non-hydrogen) atoms. The minimum absolute atomic E-state index is 0.0557. The van der Waals surface area contributed by atoms with E-state index in [1.54, 1.807) is 12.1 Å². The summed E-state index contributed by atoms with van der Waals surface area (Å²) in [6.07, 6.45) is 0.363. The lowest BCUT2D eigenvalue weighted by Crippen LogP contribution is -2.50. The van der Waals surface area contributed by atoms with Crippen LogP contribution in [0.5, 0.6) is 0 Å². The molecule has 0 heterocycles. The molecule has 1 unspecified atom stereocenters. The summed E-state index contributed by atoms with van der Waals surface area (Å²) in [6.45, 7) is 1.96. The van der Waals surface area contributed by atoms with Crippen molar-refractivity contribution in [1.29, 1.82) is 0 Å². The van der Waals surface area contributed by atoms with Crippen molar-refractivity contribution in [3.8, 4) is 0 Å². The summed E-state index contributed by atoms with van der Waals surface area (Å²) in [5.74, 6) is -1.71. The number of aryl methyl sites for hydroxylation is 1. The first-order valence-electron chi connectivity index (χ1n) is 8.55. The first-order chi connectivity index (χ1) is 12.8. The van der Waals surface area contributed by atoms with E-state index in [9.17, 15) is 14.7 Å². The van der Waals surface area contributed by atoms with E-state index in [1.165, 1.54) is 12.1 Å². The van der Waals surface area contributed by atoms with E-state index < -0.39 is 31.1 Å². The SMILES string of the molecule is Cc1ccc(CC(N)C(=O)N[C@@H](Cc2ccc(B(O)O)cc2)C(=O)O)cc1. The zero-order valence-corrected chi connectivity index (χ0v) is 15.0. The first-order valence-corrected chi connectivity index (χ1v) is 8.55. The normalized spacial score (nSPS) is 12.9. The maximum Gasteiger partial charge on any atom is 0.488 e. The molecule has 2 aromatic carbocycles. The van der Waals surface area contributed by atoms with Crippen LogP contribution < -0.4 is 16.5 Å². The van der Waals surface area contributed by atoms with Crippen LogP contribution in [0.3, 0.4) is 0 Å². The molecule has 0 aliphatic heterocycles. The van der Waals surface area contributed by atoms with Gasteiger partial charge in [-0.2, -0.15) is 0 Å². The van der Waals surface area contributed by atoms with Crippen molar-refractivity contribution in [3.05, 3.63) is 65.2 Å². The fourth-order valence-electron chi connectivity index (χ4n) is 2.61. The molecule has 8 heteroatoms. The summed E-state index contributed by atoms with van der Waals surface area (Å²) in [5, 5.41) is 30.0. The van der Waals surface area contributed by atoms with E-state index in [4.69, 9.17) is 15.8 Å². The standard InChI is InChI=1S/C19H23BN2O5/c1-12-2-4-13(5-3-12)10-16(21)18(23)22-17(19(24)25)11-14-6-8-15(9-7-14)20(26)27/h2-9,16-17,26-27H,10-11,21H2,1H3,(H,22,23)(H,24,25)/t16?,17-/m0/s1. The molecule has 2 rings (SSSR count). The molecule has 0 saturated heterocycles. The number of nitrogens with one attached hydrogen (secondary N) is 1. The van der Waals surface area contributed by atoms with Gasteiger partial charge < -0.3 is 26.2 Å². The van der Waals surface area contributed by atoms with Crippen LogP contribution in [0.4, 0.5) is 0 Å². The summed E-state index contributed by atoms with van der Waals surface area (Å²) in [5.41, 5.74) is 8.86. The number of benzene rings is 2. The minimum atomic E-state index is -1.59. The van der Waals surface area contributed by atoms with Gasteiger partial charge in [0.25, 0.3) is 0 Å². The lowest BCUT2D eigenvalue weighted by Gasteiger charge is -2.18. The molecule has 0 saturated carbocycles. The molecular weight excluding hydrogens is 347 g/mol. The van der Waals surface area contributed by atoms with Crippen LogP contribution in [-0.4, -0.2) is 46.2 Å². The number of carbonyl (C=O) groups is 2. The molecule has 2 atom stereocenters. The quantitative estimate of drug-likeness (QED) is 0.393. The Balaban J connectivity index is 1.98. The van der Waals surface area contributed by atoms with Gasteiger partial charge in [-0.3, -0.25) is 4.79 Å². The number of carboxylic acid groups (broad SMARTS) is 1. The number of carboxylic acids is 1. The van der Waals surface area contributed by atoms with Crippen molar-refractivity contribution in [2.24, 2.45) is 5.73 Å². The van der Waals surface area contributed by atoms with Gasteiger partial charge in [0, 0.05) is 6.42 Å². The van der Waals surface area contributed by atoms with Gasteiger partial charge in [-0.15, -0.1) is 0 Å². The lowest BCUT2D eigenvalue weighted by atomic mass is 9.80. The molecule has 0 fully saturated rings. The van der Waals surface area contributed by atoms with Crippen molar-refractivity contribution < 1.29 is 24.7 Å². The van der Waals surface area contributed by atoms with Crippen LogP contribution in [0.2, 0.25) is 0 Å². The van der Waals surface area contributed by atoms with Crippen LogP contribution in [0.15, 0.2) is 48.5 Å². The van der Waals surface area contributed by atoms with Crippen LogP contribution in [0.1, 0.15) is 16.7 Å². The van der Waals surface area contributed by atoms with Crippen molar-refractivity contribution in [2.45, 2.75) is 31.8 Å². The Bertz CT molecular complexity index is 778. The molecule has 1 amide bonds. The third-order valence-electron chi connectivity index (χ3n) is 4.25. The van der Waals surface area contributed by atoms with Crippen LogP contribution in [0, 0.1) is 6.92 Å². The second-order valence-electron chi connectivity index (χ2n) is 6.52. The molecule has 6 N–H and O–H groups in total. The first kappa shape index (κ1) is 20.6. The number of rotatable bonds is 8. The fraction of sp³-hybridized carbons (Fsp3) is 0.263. The van der Waals surface area contributed by atoms with Crippen molar-refractivity contribution in [1.82, 2.24) is 5.32 Å². The Hall–Kier alpha value is -2.68. The summed E-state index contributed by atoms with van der Waals surface area (Å²) in [6, 6.07) is 11.8. The van der Waals surface area contributed by atoms with Gasteiger partial charge >= 0.3 is 13.1 Å². The van der Waals surface area contributed by atoms with Gasteiger partial charge in [0.15, 0.2) is 0 Å². The van der Waals surface area contributed by atoms with Crippen molar-refractivity contribution in [3.63, 3.8) is 0 Å². The van der Waals surface area contributed by atoms with E-state index >= 15 is 0 Å². The van der Waals surface area contributed by atoms with Gasteiger partial charge in [0.05, 0.1) is 6.04 Å². The van der Waals surface area contributed by atoms with E-state index in [-0.39, 0.29) is 6.42 Å². The number of amides is 1. The average molecular weight is 370 g/mol. The molecule has 0 spiro atoms. The Morgan fingerprint density at radius 3 is 2.04 bits per heavy atom. The van der Waals surface area contributed by atoms with Crippen molar-refractivity contribution >= 4 is 24.5 Å². The van der Waals surface area contributed by atoms with Gasteiger partial charge in [0.2, 0.25) is 5.91 Å². The summed E-state index contributed by atoms with van der Waals surface area (Å²) < 4.78 is 0. The molecular formula is C19H23BN2O5. The second-order valence-corrected chi connectivity index (χ2v) is 6.52. The lowest BCUT2D eigenvalue weighted by molar-refractivity contribution is -0.141. The molecule has 0 radical (unpaired) electrons. The second kappa shape index (κ2) is 9.32. The number of hydrogen-bond donors (Lipinski definition) is 5. The highest BCUT2D eigenvalue weighted by molar-refractivity contribution is 6.58. The Morgan fingerprint density at radius 1 is 1.00 bits per heavy atom. The zero-order chi connectivity index (χ0) is 20.0. The van der Waals surface area contributed by atoms with Crippen LogP contribution >= 0.6 is 0 Å². The Labute approximate surface area is 158 Å². The highest BCUT2D eigenvalue weighted by Crippen LogP contribution is 2.07. The van der Waals surface area contributed by atoms with E-state index in [0.717, 1.165) is 11.1 Å². The maximum atomic E-state index is 12.3. The van der Waals surface area contributed by atoms with Gasteiger partial charge in [0.1, 0.15) is 6.04 Å². The Morgan fingerprint density at radius 2 is 1.52 bits per heavy atom. The summed E-state index contributed by atoms with van der Waals surface area (Å²) in [4.78, 5) is 23.8. The topological polar surface area (TPSA) is 133 Å². The van der Waals surface area contributed by atoms with E-state index in [2.05, 4.69) is 5.32 Å². The number of carbonyl (C=O) groups excluding carboxylic acids is 1. The van der Waals surface area contributed by atoms with Crippen LogP contribution in [0.25, 0.3) is 0 Å². The predicted molar refractivity (Wildman–Crippen MR) is 102 cm³/mol. The van der Waals surface area contributed by atoms with Crippen molar-refractivity contribution in [2.75, 3.05) is 0 Å². The molecule has 142 valence electrons. The monoisotopic (exact) mass is 370 g/mol. The molecule has 0 aromatic heterocycles. The van der Waals surface area contributed by atoms with Gasteiger partial charge in [-0.25, -0.2) is 4.79 Å². The van der Waals surface area contributed by atoms with Gasteiger partial charge in [-0.1, -0.05) is 54.1 Å². The largest absolute Gasteiger partial charge is 0.488 e. The molecule has 7 nitrogen and oxygen atoms in total.